The van der Waals surface area contributed by atoms with Crippen LogP contribution in [0, 0.1) is 0 Å². The van der Waals surface area contributed by atoms with E-state index in [-0.39, 0.29) is 0 Å². The molecule has 2 aromatic rings. The van der Waals surface area contributed by atoms with Crippen LogP contribution in [0.15, 0.2) is 30.3 Å². The molecule has 0 unspecified atom stereocenters. The van der Waals surface area contributed by atoms with E-state index in [0.717, 1.165) is 29.6 Å². The van der Waals surface area contributed by atoms with E-state index >= 15 is 0 Å². The van der Waals surface area contributed by atoms with Gasteiger partial charge in [-0.1, -0.05) is 30.3 Å². The second-order valence-corrected chi connectivity index (χ2v) is 4.17. The number of anilines is 1. The van der Waals surface area contributed by atoms with Crippen LogP contribution in [-0.2, 0) is 0 Å². The molecule has 84 valence electrons. The molecule has 0 aliphatic rings. The van der Waals surface area contributed by atoms with Gasteiger partial charge in [-0.2, -0.15) is 9.36 Å². The molecule has 0 aliphatic carbocycles. The van der Waals surface area contributed by atoms with Crippen LogP contribution in [0.5, 0.6) is 0 Å². The van der Waals surface area contributed by atoms with Crippen molar-refractivity contribution in [2.45, 2.75) is 13.8 Å². The highest BCUT2D eigenvalue weighted by Crippen LogP contribution is 2.23. The van der Waals surface area contributed by atoms with Gasteiger partial charge in [0.05, 0.1) is 0 Å². The van der Waals surface area contributed by atoms with Crippen LogP contribution in [0.3, 0.4) is 0 Å². The molecule has 0 N–H and O–H groups in total. The standard InChI is InChI=1S/C12H15N3S/c1-3-15(4-2)12-13-11(14-16-12)10-8-6-5-7-9-10/h5-9H,3-4H2,1-2H3. The van der Waals surface area contributed by atoms with E-state index in [1.54, 1.807) is 0 Å². The van der Waals surface area contributed by atoms with Crippen molar-refractivity contribution in [1.82, 2.24) is 9.36 Å². The second-order valence-electron chi connectivity index (χ2n) is 3.44. The average molecular weight is 233 g/mol. The van der Waals surface area contributed by atoms with Crippen molar-refractivity contribution in [1.29, 1.82) is 0 Å². The summed E-state index contributed by atoms with van der Waals surface area (Å²) in [5.41, 5.74) is 1.08. The number of aromatic nitrogens is 2. The number of nitrogens with zero attached hydrogens (tertiary/aromatic N) is 3. The predicted molar refractivity (Wildman–Crippen MR) is 68.9 cm³/mol. The molecule has 1 aromatic carbocycles. The first kappa shape index (κ1) is 11.1. The Morgan fingerprint density at radius 3 is 2.44 bits per heavy atom. The van der Waals surface area contributed by atoms with Crippen LogP contribution in [0.4, 0.5) is 5.13 Å². The van der Waals surface area contributed by atoms with Gasteiger partial charge < -0.3 is 4.90 Å². The summed E-state index contributed by atoms with van der Waals surface area (Å²) in [5, 5.41) is 1.00. The molecule has 0 spiro atoms. The molecular weight excluding hydrogens is 218 g/mol. The number of hydrogen-bond acceptors (Lipinski definition) is 4. The van der Waals surface area contributed by atoms with Crippen molar-refractivity contribution >= 4 is 16.7 Å². The molecule has 2 rings (SSSR count). The molecule has 0 bridgehead atoms. The first-order valence-electron chi connectivity index (χ1n) is 5.49. The summed E-state index contributed by atoms with van der Waals surface area (Å²) in [6.45, 7) is 6.21. The minimum Gasteiger partial charge on any atom is -0.347 e. The summed E-state index contributed by atoms with van der Waals surface area (Å²) in [6.07, 6.45) is 0. The first-order chi connectivity index (χ1) is 7.85. The van der Waals surface area contributed by atoms with Gasteiger partial charge in [0.15, 0.2) is 5.82 Å². The van der Waals surface area contributed by atoms with Crippen molar-refractivity contribution in [3.8, 4) is 11.4 Å². The fraction of sp³-hybridized carbons (Fsp3) is 0.333. The molecule has 3 nitrogen and oxygen atoms in total. The number of rotatable bonds is 4. The van der Waals surface area contributed by atoms with Gasteiger partial charge in [-0.05, 0) is 13.8 Å². The van der Waals surface area contributed by atoms with Crippen LogP contribution in [0.25, 0.3) is 11.4 Å². The van der Waals surface area contributed by atoms with E-state index in [1.807, 2.05) is 30.3 Å². The zero-order valence-electron chi connectivity index (χ0n) is 9.55. The normalized spacial score (nSPS) is 10.4. The zero-order chi connectivity index (χ0) is 11.4. The van der Waals surface area contributed by atoms with Crippen LogP contribution in [0.1, 0.15) is 13.8 Å². The molecule has 0 saturated carbocycles. The van der Waals surface area contributed by atoms with Gasteiger partial charge in [0, 0.05) is 30.2 Å². The third kappa shape index (κ3) is 2.22. The van der Waals surface area contributed by atoms with Gasteiger partial charge in [0.1, 0.15) is 0 Å². The highest BCUT2D eigenvalue weighted by molar-refractivity contribution is 7.09. The van der Waals surface area contributed by atoms with Gasteiger partial charge in [-0.3, -0.25) is 0 Å². The van der Waals surface area contributed by atoms with Crippen molar-refractivity contribution in [2.24, 2.45) is 0 Å². The lowest BCUT2D eigenvalue weighted by Crippen LogP contribution is -2.21. The summed E-state index contributed by atoms with van der Waals surface area (Å²) >= 11 is 1.47. The van der Waals surface area contributed by atoms with Crippen molar-refractivity contribution in [2.75, 3.05) is 18.0 Å². The largest absolute Gasteiger partial charge is 0.347 e. The maximum absolute atomic E-state index is 4.56. The Labute approximate surface area is 99.9 Å². The summed E-state index contributed by atoms with van der Waals surface area (Å²) in [6, 6.07) is 10.1. The number of hydrogen-bond donors (Lipinski definition) is 0. The lowest BCUT2D eigenvalue weighted by Gasteiger charge is -2.15. The van der Waals surface area contributed by atoms with Gasteiger partial charge in [-0.15, -0.1) is 0 Å². The maximum atomic E-state index is 4.56. The van der Waals surface area contributed by atoms with Crippen molar-refractivity contribution in [3.05, 3.63) is 30.3 Å². The minimum absolute atomic E-state index is 0.826. The molecule has 1 aromatic heterocycles. The van der Waals surface area contributed by atoms with Gasteiger partial charge in [0.25, 0.3) is 0 Å². The Morgan fingerprint density at radius 1 is 1.12 bits per heavy atom. The Kier molecular flexibility index (Phi) is 3.51. The third-order valence-electron chi connectivity index (χ3n) is 2.48. The Bertz CT molecular complexity index is 435. The second kappa shape index (κ2) is 5.07. The highest BCUT2D eigenvalue weighted by atomic mass is 32.1. The van der Waals surface area contributed by atoms with Crippen LogP contribution in [-0.4, -0.2) is 22.4 Å². The minimum atomic E-state index is 0.826. The molecule has 0 saturated heterocycles. The summed E-state index contributed by atoms with van der Waals surface area (Å²) < 4.78 is 4.39. The lowest BCUT2D eigenvalue weighted by molar-refractivity contribution is 0.860. The molecule has 0 fully saturated rings. The monoisotopic (exact) mass is 233 g/mol. The quantitative estimate of drug-likeness (QED) is 0.812. The zero-order valence-corrected chi connectivity index (χ0v) is 10.4. The topological polar surface area (TPSA) is 29.0 Å². The molecule has 16 heavy (non-hydrogen) atoms. The summed E-state index contributed by atoms with van der Waals surface area (Å²) in [7, 11) is 0. The fourth-order valence-electron chi connectivity index (χ4n) is 1.54. The molecule has 1 heterocycles. The van der Waals surface area contributed by atoms with Gasteiger partial charge >= 0.3 is 0 Å². The van der Waals surface area contributed by atoms with Gasteiger partial charge in [-0.25, -0.2) is 0 Å². The van der Waals surface area contributed by atoms with Crippen LogP contribution < -0.4 is 4.90 Å². The van der Waals surface area contributed by atoms with Crippen molar-refractivity contribution < 1.29 is 0 Å². The SMILES string of the molecule is CCN(CC)c1nc(-c2ccccc2)ns1. The van der Waals surface area contributed by atoms with E-state index in [1.165, 1.54) is 11.5 Å². The summed E-state index contributed by atoms with van der Waals surface area (Å²) in [4.78, 5) is 6.77. The molecule has 4 heteroatoms. The van der Waals surface area contributed by atoms with Crippen LogP contribution in [0.2, 0.25) is 0 Å². The van der Waals surface area contributed by atoms with E-state index in [0.29, 0.717) is 0 Å². The van der Waals surface area contributed by atoms with E-state index < -0.39 is 0 Å². The first-order valence-corrected chi connectivity index (χ1v) is 6.26. The molecule has 0 amide bonds. The molecule has 0 atom stereocenters. The third-order valence-corrected chi connectivity index (χ3v) is 3.26. The van der Waals surface area contributed by atoms with E-state index in [4.69, 9.17) is 0 Å². The maximum Gasteiger partial charge on any atom is 0.205 e. The Hall–Kier alpha value is -1.42. The summed E-state index contributed by atoms with van der Waals surface area (Å²) in [5.74, 6) is 0.826. The molecular formula is C12H15N3S. The lowest BCUT2D eigenvalue weighted by atomic mass is 10.2. The van der Waals surface area contributed by atoms with Crippen molar-refractivity contribution in [3.63, 3.8) is 0 Å². The smallest absolute Gasteiger partial charge is 0.205 e. The number of benzene rings is 1. The Balaban J connectivity index is 2.26. The van der Waals surface area contributed by atoms with E-state index in [2.05, 4.69) is 28.1 Å². The highest BCUT2D eigenvalue weighted by Gasteiger charge is 2.09. The molecule has 0 radical (unpaired) electrons. The van der Waals surface area contributed by atoms with Gasteiger partial charge in [0.2, 0.25) is 5.13 Å². The molecule has 0 aliphatic heterocycles. The van der Waals surface area contributed by atoms with E-state index in [9.17, 15) is 0 Å². The predicted octanol–water partition coefficient (Wildman–Crippen LogP) is 3.05. The Morgan fingerprint density at radius 2 is 1.81 bits per heavy atom. The fourth-order valence-corrected chi connectivity index (χ4v) is 2.36. The average Bonchev–Trinajstić information content (AvgIpc) is 2.81. The van der Waals surface area contributed by atoms with Crippen LogP contribution >= 0.6 is 11.5 Å².